The molecule has 1 heterocycles. The van der Waals surface area contributed by atoms with Gasteiger partial charge in [-0.3, -0.25) is 9.59 Å². The Balaban J connectivity index is 1.55. The smallest absolute Gasteiger partial charge is 0.310 e. The number of carbonyl (C=O) groups excluding carboxylic acids is 2. The van der Waals surface area contributed by atoms with E-state index in [0.717, 1.165) is 22.1 Å². The molecule has 0 bridgehead atoms. The Labute approximate surface area is 146 Å². The maximum atomic E-state index is 12.0. The van der Waals surface area contributed by atoms with Crippen molar-refractivity contribution in [1.82, 2.24) is 4.90 Å². The van der Waals surface area contributed by atoms with Crippen LogP contribution in [0, 0.1) is 0 Å². The molecule has 25 heavy (non-hydrogen) atoms. The predicted molar refractivity (Wildman–Crippen MR) is 92.6 cm³/mol. The van der Waals surface area contributed by atoms with Gasteiger partial charge in [-0.25, -0.2) is 0 Å². The SMILES string of the molecule is COc1ccc2cc(CC(=O)OCC(=O)N3CCOCC3)ccc2c1. The number of hydrogen-bond acceptors (Lipinski definition) is 5. The van der Waals surface area contributed by atoms with Crippen LogP contribution in [-0.2, 0) is 25.5 Å². The van der Waals surface area contributed by atoms with Crippen molar-refractivity contribution >= 4 is 22.6 Å². The largest absolute Gasteiger partial charge is 0.497 e. The molecule has 0 N–H and O–H groups in total. The standard InChI is InChI=1S/C19H21NO5/c1-23-17-5-4-15-10-14(2-3-16(15)12-17)11-19(22)25-13-18(21)20-6-8-24-9-7-20/h2-5,10,12H,6-9,11,13H2,1H3. The fraction of sp³-hybridized carbons (Fsp3) is 0.368. The van der Waals surface area contributed by atoms with E-state index in [4.69, 9.17) is 14.2 Å². The van der Waals surface area contributed by atoms with E-state index in [-0.39, 0.29) is 18.9 Å². The Bertz CT molecular complexity index is 767. The van der Waals surface area contributed by atoms with Crippen LogP contribution in [0.2, 0.25) is 0 Å². The summed E-state index contributed by atoms with van der Waals surface area (Å²) in [4.78, 5) is 25.6. The van der Waals surface area contributed by atoms with E-state index in [1.165, 1.54) is 0 Å². The lowest BCUT2D eigenvalue weighted by Crippen LogP contribution is -2.42. The number of hydrogen-bond donors (Lipinski definition) is 0. The van der Waals surface area contributed by atoms with Gasteiger partial charge >= 0.3 is 5.97 Å². The highest BCUT2D eigenvalue weighted by Gasteiger charge is 2.18. The average Bonchev–Trinajstić information content (AvgIpc) is 2.66. The molecule has 132 valence electrons. The summed E-state index contributed by atoms with van der Waals surface area (Å²) < 4.78 is 15.5. The number of morpholine rings is 1. The fourth-order valence-corrected chi connectivity index (χ4v) is 2.77. The topological polar surface area (TPSA) is 65.1 Å². The molecule has 3 rings (SSSR count). The number of fused-ring (bicyclic) bond motifs is 1. The van der Waals surface area contributed by atoms with E-state index in [1.807, 2.05) is 36.4 Å². The molecule has 0 unspecified atom stereocenters. The fourth-order valence-electron chi connectivity index (χ4n) is 2.77. The van der Waals surface area contributed by atoms with Crippen LogP contribution in [0.1, 0.15) is 5.56 Å². The molecule has 6 nitrogen and oxygen atoms in total. The van der Waals surface area contributed by atoms with Crippen LogP contribution < -0.4 is 4.74 Å². The van der Waals surface area contributed by atoms with E-state index in [0.29, 0.717) is 26.3 Å². The highest BCUT2D eigenvalue weighted by molar-refractivity contribution is 5.86. The third kappa shape index (κ3) is 4.48. The Morgan fingerprint density at radius 3 is 2.56 bits per heavy atom. The van der Waals surface area contributed by atoms with E-state index < -0.39 is 5.97 Å². The summed E-state index contributed by atoms with van der Waals surface area (Å²) in [5.74, 6) is 0.206. The van der Waals surface area contributed by atoms with Crippen molar-refractivity contribution in [2.45, 2.75) is 6.42 Å². The Kier molecular flexibility index (Phi) is 5.50. The highest BCUT2D eigenvalue weighted by atomic mass is 16.5. The molecule has 1 fully saturated rings. The second-order valence-electron chi connectivity index (χ2n) is 5.88. The zero-order chi connectivity index (χ0) is 17.6. The number of amides is 1. The summed E-state index contributed by atoms with van der Waals surface area (Å²) in [6, 6.07) is 11.5. The Hall–Kier alpha value is -2.60. The molecule has 0 aromatic heterocycles. The minimum absolute atomic E-state index is 0.137. The molecule has 2 aromatic carbocycles. The van der Waals surface area contributed by atoms with Gasteiger partial charge in [0.2, 0.25) is 0 Å². The summed E-state index contributed by atoms with van der Waals surface area (Å²) in [5.41, 5.74) is 0.849. The number of rotatable bonds is 5. The number of ether oxygens (including phenoxy) is 3. The van der Waals surface area contributed by atoms with Crippen LogP contribution in [0.4, 0.5) is 0 Å². The van der Waals surface area contributed by atoms with E-state index in [1.54, 1.807) is 12.0 Å². The maximum absolute atomic E-state index is 12.0. The van der Waals surface area contributed by atoms with Crippen molar-refractivity contribution in [1.29, 1.82) is 0 Å². The van der Waals surface area contributed by atoms with E-state index in [2.05, 4.69) is 0 Å². The van der Waals surface area contributed by atoms with Crippen LogP contribution in [0.3, 0.4) is 0 Å². The molecule has 1 aliphatic heterocycles. The summed E-state index contributed by atoms with van der Waals surface area (Å²) in [6.45, 7) is 1.93. The zero-order valence-electron chi connectivity index (χ0n) is 14.2. The van der Waals surface area contributed by atoms with Gasteiger partial charge in [0.1, 0.15) is 5.75 Å². The molecule has 1 aliphatic rings. The van der Waals surface area contributed by atoms with Crippen LogP contribution >= 0.6 is 0 Å². The summed E-state index contributed by atoms with van der Waals surface area (Å²) in [5, 5.41) is 2.06. The summed E-state index contributed by atoms with van der Waals surface area (Å²) in [6.07, 6.45) is 0.137. The first kappa shape index (κ1) is 17.2. The van der Waals surface area contributed by atoms with E-state index >= 15 is 0 Å². The van der Waals surface area contributed by atoms with Gasteiger partial charge in [0, 0.05) is 13.1 Å². The monoisotopic (exact) mass is 343 g/mol. The number of benzene rings is 2. The lowest BCUT2D eigenvalue weighted by atomic mass is 10.0. The number of esters is 1. The molecule has 0 atom stereocenters. The normalized spacial score (nSPS) is 14.4. The minimum Gasteiger partial charge on any atom is -0.497 e. The zero-order valence-corrected chi connectivity index (χ0v) is 14.2. The van der Waals surface area contributed by atoms with Gasteiger partial charge in [-0.15, -0.1) is 0 Å². The minimum atomic E-state index is -0.408. The van der Waals surface area contributed by atoms with Gasteiger partial charge in [-0.1, -0.05) is 24.3 Å². The Morgan fingerprint density at radius 2 is 1.80 bits per heavy atom. The second-order valence-corrected chi connectivity index (χ2v) is 5.88. The van der Waals surface area contributed by atoms with Gasteiger partial charge in [0.05, 0.1) is 26.7 Å². The van der Waals surface area contributed by atoms with Gasteiger partial charge in [-0.2, -0.15) is 0 Å². The molecular formula is C19H21NO5. The molecule has 2 aromatic rings. The van der Waals surface area contributed by atoms with Crippen molar-refractivity contribution in [3.8, 4) is 5.75 Å². The molecule has 0 spiro atoms. The van der Waals surface area contributed by atoms with E-state index in [9.17, 15) is 9.59 Å². The van der Waals surface area contributed by atoms with Gasteiger partial charge in [-0.05, 0) is 28.5 Å². The van der Waals surface area contributed by atoms with Gasteiger partial charge in [0.25, 0.3) is 5.91 Å². The van der Waals surface area contributed by atoms with Crippen molar-refractivity contribution in [3.05, 3.63) is 42.0 Å². The molecular weight excluding hydrogens is 322 g/mol. The van der Waals surface area contributed by atoms with Crippen LogP contribution in [-0.4, -0.2) is 56.8 Å². The Morgan fingerprint density at radius 1 is 1.08 bits per heavy atom. The molecule has 0 radical (unpaired) electrons. The van der Waals surface area contributed by atoms with Gasteiger partial charge < -0.3 is 19.1 Å². The lowest BCUT2D eigenvalue weighted by Gasteiger charge is -2.26. The van der Waals surface area contributed by atoms with Crippen molar-refractivity contribution in [2.75, 3.05) is 40.0 Å². The first-order valence-corrected chi connectivity index (χ1v) is 8.23. The van der Waals surface area contributed by atoms with Crippen molar-refractivity contribution in [2.24, 2.45) is 0 Å². The van der Waals surface area contributed by atoms with Crippen molar-refractivity contribution in [3.63, 3.8) is 0 Å². The lowest BCUT2D eigenvalue weighted by molar-refractivity contribution is -0.153. The van der Waals surface area contributed by atoms with Crippen LogP contribution in [0.15, 0.2) is 36.4 Å². The third-order valence-corrected chi connectivity index (χ3v) is 4.18. The maximum Gasteiger partial charge on any atom is 0.310 e. The van der Waals surface area contributed by atoms with Gasteiger partial charge in [0.15, 0.2) is 6.61 Å². The first-order chi connectivity index (χ1) is 12.2. The first-order valence-electron chi connectivity index (χ1n) is 8.23. The second kappa shape index (κ2) is 7.98. The summed E-state index contributed by atoms with van der Waals surface area (Å²) in [7, 11) is 1.63. The number of methoxy groups -OCH3 is 1. The summed E-state index contributed by atoms with van der Waals surface area (Å²) >= 11 is 0. The average molecular weight is 343 g/mol. The molecule has 0 aliphatic carbocycles. The highest BCUT2D eigenvalue weighted by Crippen LogP contribution is 2.22. The molecule has 6 heteroatoms. The van der Waals surface area contributed by atoms with Crippen LogP contribution in [0.25, 0.3) is 10.8 Å². The number of carbonyl (C=O) groups is 2. The predicted octanol–water partition coefficient (Wildman–Crippen LogP) is 1.79. The molecule has 0 saturated carbocycles. The quantitative estimate of drug-likeness (QED) is 0.775. The van der Waals surface area contributed by atoms with Crippen LogP contribution in [0.5, 0.6) is 5.75 Å². The molecule has 1 amide bonds. The third-order valence-electron chi connectivity index (χ3n) is 4.18. The molecule has 1 saturated heterocycles. The van der Waals surface area contributed by atoms with Crippen molar-refractivity contribution < 1.29 is 23.8 Å². The number of nitrogens with zero attached hydrogens (tertiary/aromatic N) is 1.